The number of aliphatic hydroxyl groups is 3. The van der Waals surface area contributed by atoms with Crippen molar-refractivity contribution in [2.75, 3.05) is 30.4 Å². The number of nitrogens with zero attached hydrogens (tertiary/aromatic N) is 2. The summed E-state index contributed by atoms with van der Waals surface area (Å²) >= 11 is 3.54. The van der Waals surface area contributed by atoms with Crippen LogP contribution in [0.1, 0.15) is 66.5 Å². The van der Waals surface area contributed by atoms with E-state index >= 15 is 0 Å². The van der Waals surface area contributed by atoms with E-state index in [1.54, 1.807) is 11.0 Å². The molecule has 1 fully saturated rings. The van der Waals surface area contributed by atoms with Crippen molar-refractivity contribution in [3.63, 3.8) is 0 Å². The van der Waals surface area contributed by atoms with Gasteiger partial charge in [0.2, 0.25) is 5.91 Å². The highest BCUT2D eigenvalue weighted by molar-refractivity contribution is 9.10. The van der Waals surface area contributed by atoms with Gasteiger partial charge in [0.25, 0.3) is 0 Å². The largest absolute Gasteiger partial charge is 0.385 e. The molecule has 266 valence electrons. The second-order valence-electron chi connectivity index (χ2n) is 13.2. The first kappa shape index (κ1) is 36.2. The Hall–Kier alpha value is -3.62. The summed E-state index contributed by atoms with van der Waals surface area (Å²) in [6, 6.07) is 17.8. The number of aromatic nitrogens is 1. The molecule has 2 aliphatic rings. The van der Waals surface area contributed by atoms with Crippen LogP contribution in [0.4, 0.5) is 11.4 Å². The second kappa shape index (κ2) is 16.2. The minimum Gasteiger partial charge on any atom is -0.385 e. The molecule has 6 rings (SSSR count). The van der Waals surface area contributed by atoms with E-state index in [4.69, 9.17) is 9.26 Å². The van der Waals surface area contributed by atoms with E-state index < -0.39 is 18.7 Å². The van der Waals surface area contributed by atoms with Crippen LogP contribution in [0, 0.1) is 20.8 Å². The van der Waals surface area contributed by atoms with Crippen molar-refractivity contribution < 1.29 is 29.4 Å². The van der Waals surface area contributed by atoms with E-state index in [0.717, 1.165) is 75.2 Å². The molecule has 0 spiro atoms. The molecular formula is C38H46BrN5O6. The van der Waals surface area contributed by atoms with Gasteiger partial charge in [0, 0.05) is 46.7 Å². The summed E-state index contributed by atoms with van der Waals surface area (Å²) in [6.45, 7) is 7.62. The zero-order valence-corrected chi connectivity index (χ0v) is 30.3. The van der Waals surface area contributed by atoms with Crippen molar-refractivity contribution in [2.24, 2.45) is 0 Å². The van der Waals surface area contributed by atoms with Gasteiger partial charge in [0.1, 0.15) is 31.1 Å². The van der Waals surface area contributed by atoms with Crippen LogP contribution in [0.2, 0.25) is 0 Å². The highest BCUT2D eigenvalue weighted by Crippen LogP contribution is 2.40. The molecule has 4 atom stereocenters. The molecule has 1 saturated heterocycles. The molecular weight excluding hydrogens is 702 g/mol. The van der Waals surface area contributed by atoms with Crippen LogP contribution in [0.5, 0.6) is 0 Å². The number of rotatable bonds is 13. The predicted molar refractivity (Wildman–Crippen MR) is 196 cm³/mol. The molecule has 1 aromatic heterocycles. The zero-order valence-electron chi connectivity index (χ0n) is 28.7. The summed E-state index contributed by atoms with van der Waals surface area (Å²) < 4.78 is 12.2. The lowest BCUT2D eigenvalue weighted by Gasteiger charge is -2.39. The van der Waals surface area contributed by atoms with E-state index in [2.05, 4.69) is 80.4 Å². The van der Waals surface area contributed by atoms with Crippen LogP contribution in [-0.4, -0.2) is 69.5 Å². The number of amides is 1. The van der Waals surface area contributed by atoms with Crippen molar-refractivity contribution >= 4 is 33.2 Å². The fourth-order valence-corrected chi connectivity index (χ4v) is 7.32. The maximum atomic E-state index is 12.8. The molecule has 12 heteroatoms. The van der Waals surface area contributed by atoms with Gasteiger partial charge in [-0.05, 0) is 111 Å². The molecule has 0 bridgehead atoms. The lowest BCUT2D eigenvalue weighted by atomic mass is 9.93. The van der Waals surface area contributed by atoms with Crippen molar-refractivity contribution in [3.8, 4) is 22.3 Å². The molecule has 3 aromatic carbocycles. The number of aliphatic hydroxyl groups excluding tert-OH is 3. The number of anilines is 2. The molecule has 6 N–H and O–H groups in total. The number of nitrogens with one attached hydrogen (secondary N) is 3. The molecule has 3 heterocycles. The third-order valence-electron chi connectivity index (χ3n) is 9.71. The van der Waals surface area contributed by atoms with Crippen LogP contribution in [0.3, 0.4) is 0 Å². The average Bonchev–Trinajstić information content (AvgIpc) is 3.61. The molecule has 0 aliphatic carbocycles. The van der Waals surface area contributed by atoms with Gasteiger partial charge in [-0.15, -0.1) is 0 Å². The van der Waals surface area contributed by atoms with E-state index in [0.29, 0.717) is 37.2 Å². The number of halogens is 1. The molecule has 4 unspecified atom stereocenters. The van der Waals surface area contributed by atoms with Gasteiger partial charge in [-0.25, -0.2) is 0 Å². The van der Waals surface area contributed by atoms with Gasteiger partial charge in [-0.1, -0.05) is 45.4 Å². The Morgan fingerprint density at radius 1 is 1.02 bits per heavy atom. The van der Waals surface area contributed by atoms with Gasteiger partial charge in [0.15, 0.2) is 0 Å². The van der Waals surface area contributed by atoms with Crippen LogP contribution >= 0.6 is 15.9 Å². The molecule has 50 heavy (non-hydrogen) atoms. The van der Waals surface area contributed by atoms with Crippen molar-refractivity contribution in [3.05, 3.63) is 87.2 Å². The van der Waals surface area contributed by atoms with Gasteiger partial charge in [-0.2, -0.15) is 0 Å². The maximum absolute atomic E-state index is 12.8. The molecule has 0 radical (unpaired) electrons. The maximum Gasteiger partial charge on any atom is 0.250 e. The van der Waals surface area contributed by atoms with E-state index in [9.17, 15) is 20.1 Å². The molecule has 1 amide bonds. The number of piperidine rings is 1. The fraction of sp³-hybridized carbons (Fsp3) is 0.421. The summed E-state index contributed by atoms with van der Waals surface area (Å²) in [5, 5.41) is 44.7. The first-order chi connectivity index (χ1) is 24.1. The highest BCUT2D eigenvalue weighted by Gasteiger charge is 2.40. The van der Waals surface area contributed by atoms with Crippen molar-refractivity contribution in [1.29, 1.82) is 0 Å². The molecule has 11 nitrogen and oxygen atoms in total. The summed E-state index contributed by atoms with van der Waals surface area (Å²) in [5.41, 5.74) is 9.61. The number of benzene rings is 3. The van der Waals surface area contributed by atoms with Crippen molar-refractivity contribution in [1.82, 2.24) is 15.4 Å². The van der Waals surface area contributed by atoms with Gasteiger partial charge < -0.3 is 35.2 Å². The second-order valence-corrected chi connectivity index (χ2v) is 14.1. The Bertz CT molecular complexity index is 1780. The number of hydrogen-bond acceptors (Lipinski definition) is 10. The van der Waals surface area contributed by atoms with Crippen LogP contribution in [0.15, 0.2) is 63.6 Å². The number of fused-ring (bicyclic) bond motifs is 1. The molecule has 2 aliphatic heterocycles. The minimum absolute atomic E-state index is 0.0656. The smallest absolute Gasteiger partial charge is 0.250 e. The normalized spacial score (nSPS) is 20.5. The zero-order chi connectivity index (χ0) is 35.4. The van der Waals surface area contributed by atoms with Crippen molar-refractivity contribution in [2.45, 2.75) is 84.1 Å². The van der Waals surface area contributed by atoms with Gasteiger partial charge in [-0.3, -0.25) is 15.0 Å². The van der Waals surface area contributed by atoms with Crippen LogP contribution in [-0.2, 0) is 16.1 Å². The Labute approximate surface area is 301 Å². The SMILES string of the molecule is Cc1noc(C)c1-c1cc(NCCCCCOCC(=O)Nc2cccc3c2CN(C2CCC(O)NC2O)C3O)c(C)c(-c2ccc(Br)cc2)c1. The summed E-state index contributed by atoms with van der Waals surface area (Å²) in [6.07, 6.45) is 1.08. The van der Waals surface area contributed by atoms with Gasteiger partial charge >= 0.3 is 0 Å². The Kier molecular flexibility index (Phi) is 11.7. The van der Waals surface area contributed by atoms with E-state index in [-0.39, 0.29) is 18.6 Å². The molecule has 0 saturated carbocycles. The van der Waals surface area contributed by atoms with E-state index in [1.165, 1.54) is 5.56 Å². The number of hydrogen-bond donors (Lipinski definition) is 6. The molecule has 4 aromatic rings. The number of unbranched alkanes of at least 4 members (excludes halogenated alkanes) is 2. The Morgan fingerprint density at radius 2 is 1.82 bits per heavy atom. The topological polar surface area (TPSA) is 152 Å². The number of aryl methyl sites for hydroxylation is 2. The Balaban J connectivity index is 0.969. The summed E-state index contributed by atoms with van der Waals surface area (Å²) in [7, 11) is 0. The number of ether oxygens (including phenoxy) is 1. The lowest BCUT2D eigenvalue weighted by Crippen LogP contribution is -2.56. The third-order valence-corrected chi connectivity index (χ3v) is 10.2. The third kappa shape index (κ3) is 8.13. The highest BCUT2D eigenvalue weighted by atomic mass is 79.9. The Morgan fingerprint density at radius 3 is 2.56 bits per heavy atom. The monoisotopic (exact) mass is 747 g/mol. The number of carbonyl (C=O) groups is 1. The first-order valence-corrected chi connectivity index (χ1v) is 18.0. The number of carbonyl (C=O) groups excluding carboxylic acids is 1. The average molecular weight is 749 g/mol. The predicted octanol–water partition coefficient (Wildman–Crippen LogP) is 6.13. The van der Waals surface area contributed by atoms with E-state index in [1.807, 2.05) is 26.0 Å². The fourth-order valence-electron chi connectivity index (χ4n) is 7.06. The lowest BCUT2D eigenvalue weighted by molar-refractivity contribution is -0.120. The first-order valence-electron chi connectivity index (χ1n) is 17.2. The minimum atomic E-state index is -0.963. The quantitative estimate of drug-likeness (QED) is 0.0882. The standard InChI is InChI=1S/C38H46BrN5O6/c1-22-29(25-10-12-27(39)13-11-25)18-26(36-23(2)43-50-24(36)3)19-32(22)40-16-5-4-6-17-49-21-35(46)41-31-9-7-8-28-30(31)20-44(38(28)48)33-14-15-34(45)42-37(33)47/h7-13,18-19,33-34,37-38,40,42,45,47-48H,4-6,14-17,20-21H2,1-3H3,(H,41,46). The summed E-state index contributed by atoms with van der Waals surface area (Å²) in [4.78, 5) is 14.6. The summed E-state index contributed by atoms with van der Waals surface area (Å²) in [5.74, 6) is 0.534. The van der Waals surface area contributed by atoms with Crippen LogP contribution in [0.25, 0.3) is 22.3 Å². The van der Waals surface area contributed by atoms with Crippen LogP contribution < -0.4 is 16.0 Å². The van der Waals surface area contributed by atoms with Gasteiger partial charge in [0.05, 0.1) is 11.7 Å².